The number of carbonyl (C=O) groups excluding carboxylic acids is 2. The summed E-state index contributed by atoms with van der Waals surface area (Å²) in [5, 5.41) is 0. The monoisotopic (exact) mass is 411 g/mol. The summed E-state index contributed by atoms with van der Waals surface area (Å²) in [6.07, 6.45) is -4.19. The summed E-state index contributed by atoms with van der Waals surface area (Å²) in [4.78, 5) is 28.3. The largest absolute Gasteiger partial charge is 0.465 e. The number of aryl methyl sites for hydroxylation is 1. The molecule has 1 aromatic carbocycles. The Morgan fingerprint density at radius 2 is 1.66 bits per heavy atom. The van der Waals surface area contributed by atoms with Crippen LogP contribution in [0.25, 0.3) is 11.3 Å². The maximum absolute atomic E-state index is 12.7. The zero-order valence-corrected chi connectivity index (χ0v) is 16.3. The van der Waals surface area contributed by atoms with Crippen LogP contribution in [0.3, 0.4) is 0 Å². The van der Waals surface area contributed by atoms with Crippen molar-refractivity contribution in [1.82, 2.24) is 4.98 Å². The van der Waals surface area contributed by atoms with Crippen molar-refractivity contribution in [3.8, 4) is 11.3 Å². The van der Waals surface area contributed by atoms with Gasteiger partial charge in [-0.2, -0.15) is 13.2 Å². The molecule has 29 heavy (non-hydrogen) atoms. The molecule has 0 unspecified atom stereocenters. The lowest BCUT2D eigenvalue weighted by Crippen LogP contribution is -2.28. The lowest BCUT2D eigenvalue weighted by Gasteiger charge is -2.13. The minimum absolute atomic E-state index is 0.0735. The van der Waals surface area contributed by atoms with Gasteiger partial charge in [0.05, 0.1) is 24.4 Å². The van der Waals surface area contributed by atoms with E-state index in [-0.39, 0.29) is 31.9 Å². The Kier molecular flexibility index (Phi) is 7.47. The molecule has 0 amide bonds. The number of hydrogen-bond donors (Lipinski definition) is 0. The SMILES string of the molecule is Bc1oc(CCC(C(=O)OCC)C(=O)OCC)nc1-c1ccc(C(F)(F)F)cc1. The second-order valence-electron chi connectivity index (χ2n) is 6.18. The molecule has 6 nitrogen and oxygen atoms in total. The number of carbonyl (C=O) groups is 2. The van der Waals surface area contributed by atoms with E-state index < -0.39 is 29.6 Å². The third-order valence-electron chi connectivity index (χ3n) is 4.12. The Morgan fingerprint density at radius 3 is 2.14 bits per heavy atom. The van der Waals surface area contributed by atoms with Gasteiger partial charge in [-0.15, -0.1) is 0 Å². The van der Waals surface area contributed by atoms with Crippen LogP contribution in [0.15, 0.2) is 28.7 Å². The number of nitrogens with zero attached hydrogens (tertiary/aromatic N) is 1. The Morgan fingerprint density at radius 1 is 1.10 bits per heavy atom. The molecule has 10 heteroatoms. The molecule has 0 N–H and O–H groups in total. The van der Waals surface area contributed by atoms with E-state index in [4.69, 9.17) is 13.9 Å². The van der Waals surface area contributed by atoms with Crippen molar-refractivity contribution in [2.45, 2.75) is 32.9 Å². The van der Waals surface area contributed by atoms with Crippen molar-refractivity contribution in [1.29, 1.82) is 0 Å². The molecule has 0 aliphatic rings. The van der Waals surface area contributed by atoms with Crippen LogP contribution in [0.1, 0.15) is 31.7 Å². The molecule has 1 heterocycles. The predicted molar refractivity (Wildman–Crippen MR) is 100 cm³/mol. The van der Waals surface area contributed by atoms with Crippen LogP contribution >= 0.6 is 0 Å². The molecule has 0 bridgehead atoms. The van der Waals surface area contributed by atoms with Crippen LogP contribution in [0.2, 0.25) is 0 Å². The van der Waals surface area contributed by atoms with Gasteiger partial charge < -0.3 is 13.9 Å². The molecule has 0 saturated heterocycles. The molecular formula is C19H21BF3NO5. The average molecular weight is 411 g/mol. The molecule has 0 fully saturated rings. The van der Waals surface area contributed by atoms with E-state index in [1.807, 2.05) is 0 Å². The second-order valence-corrected chi connectivity index (χ2v) is 6.18. The minimum atomic E-state index is -4.42. The Labute approximate surface area is 166 Å². The fraction of sp³-hybridized carbons (Fsp3) is 0.421. The summed E-state index contributed by atoms with van der Waals surface area (Å²) < 4.78 is 53.5. The van der Waals surface area contributed by atoms with Gasteiger partial charge in [-0.3, -0.25) is 9.59 Å². The molecular weight excluding hydrogens is 390 g/mol. The molecule has 2 aromatic rings. The maximum atomic E-state index is 12.7. The summed E-state index contributed by atoms with van der Waals surface area (Å²) in [6.45, 7) is 3.53. The molecule has 0 spiro atoms. The lowest BCUT2D eigenvalue weighted by atomic mass is 9.98. The van der Waals surface area contributed by atoms with E-state index in [0.29, 0.717) is 16.9 Å². The Bertz CT molecular complexity index is 831. The molecule has 2 rings (SSSR count). The number of esters is 2. The number of oxazole rings is 1. The highest BCUT2D eigenvalue weighted by Gasteiger charge is 2.31. The number of halogens is 3. The number of ether oxygens (including phenoxy) is 2. The van der Waals surface area contributed by atoms with E-state index in [2.05, 4.69) is 4.98 Å². The highest BCUT2D eigenvalue weighted by atomic mass is 19.4. The molecule has 1 aromatic heterocycles. The van der Waals surface area contributed by atoms with Crippen LogP contribution in [0, 0.1) is 5.92 Å². The smallest absolute Gasteiger partial charge is 0.416 e. The van der Waals surface area contributed by atoms with Gasteiger partial charge in [0, 0.05) is 12.0 Å². The van der Waals surface area contributed by atoms with Gasteiger partial charge in [0.2, 0.25) is 0 Å². The van der Waals surface area contributed by atoms with Crippen molar-refractivity contribution < 1.29 is 36.7 Å². The number of benzene rings is 1. The van der Waals surface area contributed by atoms with Crippen molar-refractivity contribution in [3.63, 3.8) is 0 Å². The van der Waals surface area contributed by atoms with Gasteiger partial charge in [-0.1, -0.05) is 12.1 Å². The number of alkyl halides is 3. The molecule has 0 radical (unpaired) electrons. The normalized spacial score (nSPS) is 11.5. The van der Waals surface area contributed by atoms with E-state index in [9.17, 15) is 22.8 Å². The number of aromatic nitrogens is 1. The van der Waals surface area contributed by atoms with Gasteiger partial charge in [0.1, 0.15) is 5.69 Å². The van der Waals surface area contributed by atoms with Gasteiger partial charge in [-0.05, 0) is 32.4 Å². The van der Waals surface area contributed by atoms with Crippen LogP contribution in [-0.4, -0.2) is 38.0 Å². The zero-order chi connectivity index (χ0) is 21.6. The van der Waals surface area contributed by atoms with Gasteiger partial charge in [0.25, 0.3) is 0 Å². The van der Waals surface area contributed by atoms with Crippen molar-refractivity contribution in [3.05, 3.63) is 35.7 Å². The van der Waals surface area contributed by atoms with E-state index in [1.54, 1.807) is 21.7 Å². The summed E-state index contributed by atoms with van der Waals surface area (Å²) in [7, 11) is 1.64. The third kappa shape index (κ3) is 5.85. The minimum Gasteiger partial charge on any atom is -0.465 e. The molecule has 0 saturated carbocycles. The first-order valence-electron chi connectivity index (χ1n) is 9.14. The second kappa shape index (κ2) is 9.62. The van der Waals surface area contributed by atoms with E-state index >= 15 is 0 Å². The highest BCUT2D eigenvalue weighted by Crippen LogP contribution is 2.30. The summed E-state index contributed by atoms with van der Waals surface area (Å²) in [5.74, 6) is -2.21. The van der Waals surface area contributed by atoms with Gasteiger partial charge >= 0.3 is 18.1 Å². The number of hydrogen-bond acceptors (Lipinski definition) is 6. The van der Waals surface area contributed by atoms with Crippen molar-refractivity contribution in [2.75, 3.05) is 13.2 Å². The van der Waals surface area contributed by atoms with E-state index in [0.717, 1.165) is 12.1 Å². The maximum Gasteiger partial charge on any atom is 0.416 e. The van der Waals surface area contributed by atoms with Crippen LogP contribution < -0.4 is 5.66 Å². The first-order valence-corrected chi connectivity index (χ1v) is 9.14. The quantitative estimate of drug-likeness (QED) is 0.377. The zero-order valence-electron chi connectivity index (χ0n) is 16.3. The standard InChI is InChI=1S/C19H21BF3NO5/c1-3-27-17(25)13(18(26)28-4-2)9-10-14-24-15(16(20)29-14)11-5-7-12(8-6-11)19(21,22)23/h5-8,13H,3-4,9-10,20H2,1-2H3. The first-order chi connectivity index (χ1) is 13.7. The summed E-state index contributed by atoms with van der Waals surface area (Å²) in [5.41, 5.74) is 0.535. The van der Waals surface area contributed by atoms with Crippen molar-refractivity contribution >= 4 is 25.4 Å². The van der Waals surface area contributed by atoms with Gasteiger partial charge in [-0.25, -0.2) is 4.98 Å². The van der Waals surface area contributed by atoms with E-state index in [1.165, 1.54) is 12.1 Å². The average Bonchev–Trinajstić information content (AvgIpc) is 3.02. The summed E-state index contributed by atoms with van der Waals surface area (Å²) in [6, 6.07) is 4.58. The highest BCUT2D eigenvalue weighted by molar-refractivity contribution is 6.33. The molecule has 0 aliphatic heterocycles. The first kappa shape index (κ1) is 22.5. The van der Waals surface area contributed by atoms with Crippen LogP contribution in [0.5, 0.6) is 0 Å². The molecule has 0 atom stereocenters. The molecule has 0 aliphatic carbocycles. The van der Waals surface area contributed by atoms with Crippen LogP contribution in [0.4, 0.5) is 13.2 Å². The van der Waals surface area contributed by atoms with Crippen molar-refractivity contribution in [2.24, 2.45) is 5.92 Å². The molecule has 156 valence electrons. The Balaban J connectivity index is 2.14. The fourth-order valence-corrected chi connectivity index (χ4v) is 2.73. The number of rotatable bonds is 8. The topological polar surface area (TPSA) is 78.6 Å². The predicted octanol–water partition coefficient (Wildman–Crippen LogP) is 2.29. The Hall–Kier alpha value is -2.78. The van der Waals surface area contributed by atoms with Gasteiger partial charge in [0.15, 0.2) is 19.7 Å². The fourth-order valence-electron chi connectivity index (χ4n) is 2.73. The van der Waals surface area contributed by atoms with Crippen LogP contribution in [-0.2, 0) is 31.7 Å². The lowest BCUT2D eigenvalue weighted by molar-refractivity contribution is -0.161. The third-order valence-corrected chi connectivity index (χ3v) is 4.12. The summed E-state index contributed by atoms with van der Waals surface area (Å²) >= 11 is 0.